The molecule has 0 aliphatic heterocycles. The summed E-state index contributed by atoms with van der Waals surface area (Å²) in [5.41, 5.74) is 1.29. The van der Waals surface area contributed by atoms with Crippen LogP contribution in [-0.4, -0.2) is 34.3 Å². The predicted octanol–water partition coefficient (Wildman–Crippen LogP) is 5.33. The molecule has 2 aromatic heterocycles. The van der Waals surface area contributed by atoms with Crippen LogP contribution >= 0.6 is 0 Å². The Kier molecular flexibility index (Phi) is 8.50. The smallest absolute Gasteiger partial charge is 0.457 e. The molecule has 0 saturated carbocycles. The Morgan fingerprint density at radius 2 is 1.85 bits per heavy atom. The number of carbonyl (C=O) groups is 2. The molecule has 0 atom stereocenters. The standard InChI is InChI=1S/C28H25F3N4O4/c1-19-7-9-20(10-8-19)26(36)34-23(27(37)33-13-4-15-35-16-14-32-18-35)17-21-11-12-24(38-21)22-5-2-3-6-25(22)39-28(29,30)31/h2-3,5-12,14,16-18H,4,13,15H2,1H3,(H,33,37)(H,34,36)/b23-17+. The van der Waals surface area contributed by atoms with Gasteiger partial charge in [0.2, 0.25) is 0 Å². The van der Waals surface area contributed by atoms with Crippen LogP contribution in [0.25, 0.3) is 17.4 Å². The molecule has 2 heterocycles. The number of amides is 2. The van der Waals surface area contributed by atoms with Gasteiger partial charge < -0.3 is 24.4 Å². The van der Waals surface area contributed by atoms with Crippen LogP contribution in [0, 0.1) is 6.92 Å². The summed E-state index contributed by atoms with van der Waals surface area (Å²) in [6.45, 7) is 2.84. The third-order valence-electron chi connectivity index (χ3n) is 5.54. The summed E-state index contributed by atoms with van der Waals surface area (Å²) in [6, 6.07) is 15.3. The van der Waals surface area contributed by atoms with Gasteiger partial charge in [0.25, 0.3) is 11.8 Å². The van der Waals surface area contributed by atoms with Crippen molar-refractivity contribution in [2.75, 3.05) is 6.54 Å². The summed E-state index contributed by atoms with van der Waals surface area (Å²) >= 11 is 0. The van der Waals surface area contributed by atoms with Crippen molar-refractivity contribution in [3.8, 4) is 17.1 Å². The summed E-state index contributed by atoms with van der Waals surface area (Å²) in [5.74, 6) is -1.27. The molecule has 11 heteroatoms. The number of hydrogen-bond acceptors (Lipinski definition) is 5. The molecule has 0 unspecified atom stereocenters. The van der Waals surface area contributed by atoms with E-state index in [1.54, 1.807) is 49.1 Å². The van der Waals surface area contributed by atoms with Crippen molar-refractivity contribution in [1.82, 2.24) is 20.2 Å². The summed E-state index contributed by atoms with van der Waals surface area (Å²) in [5, 5.41) is 5.37. The maximum Gasteiger partial charge on any atom is 0.573 e. The SMILES string of the molecule is Cc1ccc(C(=O)N/C(=C/c2ccc(-c3ccccc3OC(F)(F)F)o2)C(=O)NCCCn2ccnc2)cc1. The van der Waals surface area contributed by atoms with E-state index >= 15 is 0 Å². The van der Waals surface area contributed by atoms with Crippen LogP contribution in [0.5, 0.6) is 5.75 Å². The highest BCUT2D eigenvalue weighted by Crippen LogP contribution is 2.34. The van der Waals surface area contributed by atoms with Crippen LogP contribution in [0.15, 0.2) is 89.5 Å². The first kappa shape index (κ1) is 27.2. The number of rotatable bonds is 10. The van der Waals surface area contributed by atoms with Crippen LogP contribution in [0.1, 0.15) is 28.1 Å². The van der Waals surface area contributed by atoms with E-state index in [9.17, 15) is 22.8 Å². The zero-order chi connectivity index (χ0) is 27.8. The molecular weight excluding hydrogens is 513 g/mol. The minimum Gasteiger partial charge on any atom is -0.457 e. The highest BCUT2D eigenvalue weighted by atomic mass is 19.4. The molecule has 0 aliphatic carbocycles. The first-order valence-electron chi connectivity index (χ1n) is 12.0. The first-order chi connectivity index (χ1) is 18.7. The van der Waals surface area contributed by atoms with E-state index < -0.39 is 23.9 Å². The quantitative estimate of drug-likeness (QED) is 0.210. The Morgan fingerprint density at radius 3 is 2.56 bits per heavy atom. The van der Waals surface area contributed by atoms with Crippen molar-refractivity contribution in [3.63, 3.8) is 0 Å². The molecule has 0 radical (unpaired) electrons. The van der Waals surface area contributed by atoms with Crippen molar-refractivity contribution < 1.29 is 31.9 Å². The molecule has 202 valence electrons. The summed E-state index contributed by atoms with van der Waals surface area (Å²) < 4.78 is 50.2. The molecule has 8 nitrogen and oxygen atoms in total. The van der Waals surface area contributed by atoms with Gasteiger partial charge in [-0.25, -0.2) is 4.98 Å². The van der Waals surface area contributed by atoms with Crippen LogP contribution < -0.4 is 15.4 Å². The van der Waals surface area contributed by atoms with Gasteiger partial charge in [0.15, 0.2) is 0 Å². The highest BCUT2D eigenvalue weighted by Gasteiger charge is 2.32. The zero-order valence-corrected chi connectivity index (χ0v) is 20.9. The minimum atomic E-state index is -4.88. The van der Waals surface area contributed by atoms with Gasteiger partial charge in [-0.15, -0.1) is 13.2 Å². The molecule has 0 saturated heterocycles. The summed E-state index contributed by atoms with van der Waals surface area (Å²) in [7, 11) is 0. The number of aromatic nitrogens is 2. The largest absolute Gasteiger partial charge is 0.573 e. The van der Waals surface area contributed by atoms with Crippen LogP contribution in [-0.2, 0) is 11.3 Å². The van der Waals surface area contributed by atoms with Crippen molar-refractivity contribution >= 4 is 17.9 Å². The minimum absolute atomic E-state index is 0.0728. The van der Waals surface area contributed by atoms with Gasteiger partial charge in [-0.2, -0.15) is 0 Å². The van der Waals surface area contributed by atoms with Gasteiger partial charge in [0.05, 0.1) is 11.9 Å². The Balaban J connectivity index is 1.54. The summed E-state index contributed by atoms with van der Waals surface area (Å²) in [4.78, 5) is 29.8. The third kappa shape index (κ3) is 7.84. The lowest BCUT2D eigenvalue weighted by Crippen LogP contribution is -2.35. The van der Waals surface area contributed by atoms with E-state index in [-0.39, 0.29) is 22.8 Å². The number of hydrogen-bond donors (Lipinski definition) is 2. The molecule has 0 spiro atoms. The molecule has 2 aromatic carbocycles. The van der Waals surface area contributed by atoms with E-state index in [2.05, 4.69) is 20.4 Å². The number of benzene rings is 2. The predicted molar refractivity (Wildman–Crippen MR) is 137 cm³/mol. The van der Waals surface area contributed by atoms with Crippen molar-refractivity contribution in [2.24, 2.45) is 0 Å². The van der Waals surface area contributed by atoms with Gasteiger partial charge in [0, 0.05) is 37.1 Å². The molecular formula is C28H25F3N4O4. The highest BCUT2D eigenvalue weighted by molar-refractivity contribution is 6.05. The molecule has 39 heavy (non-hydrogen) atoms. The fraction of sp³-hybridized carbons (Fsp3) is 0.179. The normalized spacial score (nSPS) is 11.7. The van der Waals surface area contributed by atoms with Crippen molar-refractivity contribution in [1.29, 1.82) is 0 Å². The lowest BCUT2D eigenvalue weighted by Gasteiger charge is -2.12. The number of ether oxygens (including phenoxy) is 1. The van der Waals surface area contributed by atoms with E-state index in [4.69, 9.17) is 4.42 Å². The number of furan rings is 1. The van der Waals surface area contributed by atoms with Crippen molar-refractivity contribution in [2.45, 2.75) is 26.3 Å². The van der Waals surface area contributed by atoms with E-state index in [1.165, 1.54) is 36.4 Å². The summed E-state index contributed by atoms with van der Waals surface area (Å²) in [6.07, 6.45) is 2.18. The molecule has 0 aliphatic rings. The monoisotopic (exact) mass is 538 g/mol. The number of para-hydroxylation sites is 1. The second-order valence-electron chi connectivity index (χ2n) is 8.53. The maximum atomic E-state index is 13.0. The number of aryl methyl sites for hydroxylation is 2. The fourth-order valence-electron chi connectivity index (χ4n) is 3.64. The molecule has 2 amide bonds. The first-order valence-corrected chi connectivity index (χ1v) is 12.0. The Morgan fingerprint density at radius 1 is 1.08 bits per heavy atom. The number of carbonyl (C=O) groups excluding carboxylic acids is 2. The van der Waals surface area contributed by atoms with Gasteiger partial charge >= 0.3 is 6.36 Å². The number of nitrogens with zero attached hydrogens (tertiary/aromatic N) is 2. The number of halogens is 3. The second kappa shape index (κ2) is 12.2. The lowest BCUT2D eigenvalue weighted by molar-refractivity contribution is -0.274. The third-order valence-corrected chi connectivity index (χ3v) is 5.54. The molecule has 4 rings (SSSR count). The van der Waals surface area contributed by atoms with Crippen molar-refractivity contribution in [3.05, 3.63) is 102 Å². The second-order valence-corrected chi connectivity index (χ2v) is 8.53. The van der Waals surface area contributed by atoms with Gasteiger partial charge in [-0.3, -0.25) is 9.59 Å². The zero-order valence-electron chi connectivity index (χ0n) is 20.9. The Labute approximate surface area is 222 Å². The Hall–Kier alpha value is -4.80. The van der Waals surface area contributed by atoms with Gasteiger partial charge in [0.1, 0.15) is 23.0 Å². The van der Waals surface area contributed by atoms with Gasteiger partial charge in [-0.05, 0) is 49.7 Å². The number of nitrogens with one attached hydrogen (secondary N) is 2. The number of imidazole rings is 1. The van der Waals surface area contributed by atoms with Crippen LogP contribution in [0.2, 0.25) is 0 Å². The lowest BCUT2D eigenvalue weighted by atomic mass is 10.1. The maximum absolute atomic E-state index is 13.0. The molecule has 2 N–H and O–H groups in total. The van der Waals surface area contributed by atoms with E-state index in [0.29, 0.717) is 25.1 Å². The van der Waals surface area contributed by atoms with Crippen LogP contribution in [0.3, 0.4) is 0 Å². The Bertz CT molecular complexity index is 1440. The average molecular weight is 539 g/mol. The van der Waals surface area contributed by atoms with Gasteiger partial charge in [-0.1, -0.05) is 29.8 Å². The topological polar surface area (TPSA) is 98.4 Å². The van der Waals surface area contributed by atoms with E-state index in [0.717, 1.165) is 5.56 Å². The average Bonchev–Trinajstić information content (AvgIpc) is 3.58. The number of alkyl halides is 3. The van der Waals surface area contributed by atoms with E-state index in [1.807, 2.05) is 11.5 Å². The fourth-order valence-corrected chi connectivity index (χ4v) is 3.64. The molecule has 0 bridgehead atoms. The molecule has 0 fully saturated rings. The van der Waals surface area contributed by atoms with Crippen LogP contribution in [0.4, 0.5) is 13.2 Å². The molecule has 4 aromatic rings.